The molecular formula is C17H13BrF3N3O5. The molecule has 8 nitrogen and oxygen atoms in total. The minimum absolute atomic E-state index is 0.230. The fourth-order valence-electron chi connectivity index (χ4n) is 2.07. The SMILES string of the molecule is COC(=O)COc1ccc(Br)cc1/C=N\Nc1ccc(C(F)(F)F)cc1[N+](=O)[O-]. The van der Waals surface area contributed by atoms with E-state index in [4.69, 9.17) is 4.74 Å². The molecule has 0 saturated heterocycles. The van der Waals surface area contributed by atoms with Crippen molar-refractivity contribution in [2.75, 3.05) is 19.1 Å². The third-order valence-corrected chi connectivity index (χ3v) is 3.95. The number of nitro benzene ring substituents is 1. The first-order valence-corrected chi connectivity index (χ1v) is 8.55. The number of ether oxygens (including phenoxy) is 2. The average molecular weight is 476 g/mol. The van der Waals surface area contributed by atoms with Crippen molar-refractivity contribution in [2.45, 2.75) is 6.18 Å². The number of hydrazone groups is 1. The van der Waals surface area contributed by atoms with Gasteiger partial charge in [-0.25, -0.2) is 4.79 Å². The summed E-state index contributed by atoms with van der Waals surface area (Å²) in [5.41, 5.74) is 0.573. The van der Waals surface area contributed by atoms with Gasteiger partial charge >= 0.3 is 12.1 Å². The molecule has 154 valence electrons. The Morgan fingerprint density at radius 3 is 2.66 bits per heavy atom. The summed E-state index contributed by atoms with van der Waals surface area (Å²) in [6.45, 7) is -0.350. The normalized spacial score (nSPS) is 11.3. The number of anilines is 1. The van der Waals surface area contributed by atoms with E-state index in [1.54, 1.807) is 18.2 Å². The molecule has 12 heteroatoms. The number of nitrogens with zero attached hydrogens (tertiary/aromatic N) is 2. The van der Waals surface area contributed by atoms with Crippen LogP contribution < -0.4 is 10.2 Å². The molecule has 2 aromatic rings. The molecule has 29 heavy (non-hydrogen) atoms. The first-order chi connectivity index (χ1) is 13.6. The van der Waals surface area contributed by atoms with Gasteiger partial charge in [0.25, 0.3) is 5.69 Å². The second kappa shape index (κ2) is 9.37. The van der Waals surface area contributed by atoms with Crippen LogP contribution in [0.1, 0.15) is 11.1 Å². The molecule has 2 aromatic carbocycles. The maximum atomic E-state index is 12.7. The van der Waals surface area contributed by atoms with E-state index in [1.165, 1.54) is 13.3 Å². The smallest absolute Gasteiger partial charge is 0.416 e. The Morgan fingerprint density at radius 1 is 1.31 bits per heavy atom. The molecule has 0 aliphatic heterocycles. The monoisotopic (exact) mass is 475 g/mol. The van der Waals surface area contributed by atoms with Crippen LogP contribution in [-0.2, 0) is 15.7 Å². The number of hydrogen-bond acceptors (Lipinski definition) is 7. The fraction of sp³-hybridized carbons (Fsp3) is 0.176. The highest BCUT2D eigenvalue weighted by Gasteiger charge is 2.33. The quantitative estimate of drug-likeness (QED) is 0.276. The van der Waals surface area contributed by atoms with Gasteiger partial charge in [-0.15, -0.1) is 0 Å². The molecule has 0 fully saturated rings. The number of carbonyl (C=O) groups is 1. The van der Waals surface area contributed by atoms with Crippen molar-refractivity contribution in [3.8, 4) is 5.75 Å². The number of nitrogens with one attached hydrogen (secondary N) is 1. The number of hydrogen-bond donors (Lipinski definition) is 1. The second-order valence-electron chi connectivity index (χ2n) is 5.40. The summed E-state index contributed by atoms with van der Waals surface area (Å²) < 4.78 is 48.7. The van der Waals surface area contributed by atoms with E-state index in [0.29, 0.717) is 22.2 Å². The highest BCUT2D eigenvalue weighted by molar-refractivity contribution is 9.10. The molecule has 0 unspecified atom stereocenters. The number of benzene rings is 2. The van der Waals surface area contributed by atoms with E-state index in [9.17, 15) is 28.1 Å². The Balaban J connectivity index is 2.24. The van der Waals surface area contributed by atoms with E-state index in [2.05, 4.69) is 31.2 Å². The molecule has 0 amide bonds. The van der Waals surface area contributed by atoms with Crippen LogP contribution in [0, 0.1) is 10.1 Å². The van der Waals surface area contributed by atoms with Gasteiger partial charge in [-0.05, 0) is 30.3 Å². The number of methoxy groups -OCH3 is 1. The first kappa shape index (κ1) is 22.1. The van der Waals surface area contributed by atoms with Gasteiger partial charge in [0.15, 0.2) is 6.61 Å². The molecule has 0 radical (unpaired) electrons. The molecule has 2 rings (SSSR count). The molecule has 0 aliphatic carbocycles. The third kappa shape index (κ3) is 6.17. The van der Waals surface area contributed by atoms with Gasteiger partial charge in [0.1, 0.15) is 11.4 Å². The second-order valence-corrected chi connectivity index (χ2v) is 6.32. The number of halogens is 4. The highest BCUT2D eigenvalue weighted by atomic mass is 79.9. The summed E-state index contributed by atoms with van der Waals surface area (Å²) in [6, 6.07) is 6.83. The predicted octanol–water partition coefficient (Wildman–Crippen LogP) is 4.37. The molecule has 0 spiro atoms. The van der Waals surface area contributed by atoms with Crippen LogP contribution in [0.15, 0.2) is 46.0 Å². The van der Waals surface area contributed by atoms with E-state index in [0.717, 1.165) is 6.07 Å². The molecule has 1 N–H and O–H groups in total. The Morgan fingerprint density at radius 2 is 2.03 bits per heavy atom. The molecule has 0 aliphatic rings. The van der Waals surface area contributed by atoms with Crippen molar-refractivity contribution in [3.05, 3.63) is 62.1 Å². The number of rotatable bonds is 7. The van der Waals surface area contributed by atoms with Gasteiger partial charge in [-0.1, -0.05) is 15.9 Å². The highest BCUT2D eigenvalue weighted by Crippen LogP contribution is 2.35. The lowest BCUT2D eigenvalue weighted by Crippen LogP contribution is -2.13. The van der Waals surface area contributed by atoms with Crippen LogP contribution in [0.5, 0.6) is 5.75 Å². The lowest BCUT2D eigenvalue weighted by molar-refractivity contribution is -0.384. The van der Waals surface area contributed by atoms with Crippen LogP contribution >= 0.6 is 15.9 Å². The van der Waals surface area contributed by atoms with Crippen LogP contribution in [0.25, 0.3) is 0 Å². The Hall–Kier alpha value is -3.15. The zero-order chi connectivity index (χ0) is 21.6. The summed E-state index contributed by atoms with van der Waals surface area (Å²) in [4.78, 5) is 21.4. The Bertz CT molecular complexity index is 950. The van der Waals surface area contributed by atoms with Crippen molar-refractivity contribution < 1.29 is 32.4 Å². The van der Waals surface area contributed by atoms with Gasteiger partial charge < -0.3 is 9.47 Å². The van der Waals surface area contributed by atoms with E-state index in [-0.39, 0.29) is 18.0 Å². The number of alkyl halides is 3. The topological polar surface area (TPSA) is 103 Å². The van der Waals surface area contributed by atoms with Crippen LogP contribution in [-0.4, -0.2) is 30.8 Å². The molecular weight excluding hydrogens is 463 g/mol. The van der Waals surface area contributed by atoms with Crippen molar-refractivity contribution >= 4 is 39.5 Å². The summed E-state index contributed by atoms with van der Waals surface area (Å²) in [5.74, 6) is -0.333. The van der Waals surface area contributed by atoms with Gasteiger partial charge in [0.05, 0.1) is 23.8 Å². The standard InChI is InChI=1S/C17H13BrF3N3O5/c1-28-16(25)9-29-15-5-3-12(18)6-10(15)8-22-23-13-4-2-11(17(19,20)21)7-14(13)24(26)27/h2-8,23H,9H2,1H3/b22-8-. The maximum Gasteiger partial charge on any atom is 0.416 e. The number of carbonyl (C=O) groups excluding carboxylic acids is 1. The van der Waals surface area contributed by atoms with Crippen molar-refractivity contribution in [1.29, 1.82) is 0 Å². The van der Waals surface area contributed by atoms with E-state index >= 15 is 0 Å². The average Bonchev–Trinajstić information content (AvgIpc) is 2.66. The van der Waals surface area contributed by atoms with E-state index < -0.39 is 28.3 Å². The Labute approximate surface area is 170 Å². The number of nitro groups is 1. The van der Waals surface area contributed by atoms with Gasteiger partial charge in [0, 0.05) is 16.1 Å². The Kier molecular flexibility index (Phi) is 7.15. The zero-order valence-electron chi connectivity index (χ0n) is 14.7. The molecule has 0 atom stereocenters. The van der Waals surface area contributed by atoms with Crippen LogP contribution in [0.4, 0.5) is 24.5 Å². The van der Waals surface area contributed by atoms with Crippen molar-refractivity contribution in [2.24, 2.45) is 5.10 Å². The minimum atomic E-state index is -4.71. The molecule has 0 bridgehead atoms. The van der Waals surface area contributed by atoms with Crippen molar-refractivity contribution in [1.82, 2.24) is 0 Å². The molecule has 0 heterocycles. The minimum Gasteiger partial charge on any atom is -0.481 e. The summed E-state index contributed by atoms with van der Waals surface area (Å²) >= 11 is 3.26. The van der Waals surface area contributed by atoms with Gasteiger partial charge in [-0.3, -0.25) is 15.5 Å². The van der Waals surface area contributed by atoms with Crippen LogP contribution in [0.3, 0.4) is 0 Å². The summed E-state index contributed by atoms with van der Waals surface area (Å²) in [6.07, 6.45) is -3.48. The van der Waals surface area contributed by atoms with E-state index in [1.807, 2.05) is 0 Å². The summed E-state index contributed by atoms with van der Waals surface area (Å²) in [5, 5.41) is 14.9. The first-order valence-electron chi connectivity index (χ1n) is 7.75. The fourth-order valence-corrected chi connectivity index (χ4v) is 2.45. The zero-order valence-corrected chi connectivity index (χ0v) is 16.3. The third-order valence-electron chi connectivity index (χ3n) is 3.46. The number of esters is 1. The molecule has 0 saturated carbocycles. The van der Waals surface area contributed by atoms with Crippen molar-refractivity contribution in [3.63, 3.8) is 0 Å². The van der Waals surface area contributed by atoms with Gasteiger partial charge in [0.2, 0.25) is 0 Å². The lowest BCUT2D eigenvalue weighted by Gasteiger charge is -2.09. The van der Waals surface area contributed by atoms with Crippen LogP contribution in [0.2, 0.25) is 0 Å². The van der Waals surface area contributed by atoms with Gasteiger partial charge in [-0.2, -0.15) is 18.3 Å². The predicted molar refractivity (Wildman–Crippen MR) is 101 cm³/mol. The lowest BCUT2D eigenvalue weighted by atomic mass is 10.1. The largest absolute Gasteiger partial charge is 0.481 e. The maximum absolute atomic E-state index is 12.7. The molecule has 0 aromatic heterocycles. The summed E-state index contributed by atoms with van der Waals surface area (Å²) in [7, 11) is 1.20.